The van der Waals surface area contributed by atoms with E-state index >= 15 is 0 Å². The molecule has 1 aliphatic heterocycles. The van der Waals surface area contributed by atoms with Crippen LogP contribution in [0.2, 0.25) is 0 Å². The van der Waals surface area contributed by atoms with Gasteiger partial charge in [-0.1, -0.05) is 36.4 Å². The van der Waals surface area contributed by atoms with E-state index in [2.05, 4.69) is 0 Å². The monoisotopic (exact) mass is 496 g/mol. The molecule has 1 heterocycles. The van der Waals surface area contributed by atoms with Gasteiger partial charge in [0, 0.05) is 26.7 Å². The first kappa shape index (κ1) is 24.6. The number of likely N-dealkylation sites (N-methyl/N-ethyl adjacent to an activating group) is 1. The van der Waals surface area contributed by atoms with E-state index in [1.54, 1.807) is 19.2 Å². The van der Waals surface area contributed by atoms with E-state index in [1.165, 1.54) is 45.6 Å². The highest BCUT2D eigenvalue weighted by atomic mass is 32.2. The zero-order valence-electron chi connectivity index (χ0n) is 19.2. The average Bonchev–Trinajstić information content (AvgIpc) is 2.88. The molecule has 35 heavy (non-hydrogen) atoms. The summed E-state index contributed by atoms with van der Waals surface area (Å²) in [5.41, 5.74) is 3.01. The van der Waals surface area contributed by atoms with Crippen molar-refractivity contribution in [1.82, 2.24) is 9.21 Å². The molecule has 1 aliphatic rings. The van der Waals surface area contributed by atoms with Crippen LogP contribution in [-0.2, 0) is 39.1 Å². The first-order valence-electron chi connectivity index (χ1n) is 11.1. The Kier molecular flexibility index (Phi) is 7.28. The molecule has 3 aromatic carbocycles. The highest BCUT2D eigenvalue weighted by Gasteiger charge is 2.28. The number of benzene rings is 3. The van der Waals surface area contributed by atoms with Crippen molar-refractivity contribution in [3.8, 4) is 0 Å². The molecule has 1 amide bonds. The molecule has 0 aromatic heterocycles. The molecular formula is C26H25FN2O5S. The summed E-state index contributed by atoms with van der Waals surface area (Å²) in [7, 11) is -2.17. The minimum Gasteiger partial charge on any atom is -0.452 e. The quantitative estimate of drug-likeness (QED) is 0.468. The molecule has 7 nitrogen and oxygen atoms in total. The Morgan fingerprint density at radius 3 is 2.31 bits per heavy atom. The van der Waals surface area contributed by atoms with Crippen LogP contribution in [0.25, 0.3) is 0 Å². The Morgan fingerprint density at radius 2 is 1.63 bits per heavy atom. The number of nitrogens with zero attached hydrogens (tertiary/aromatic N) is 2. The van der Waals surface area contributed by atoms with Crippen LogP contribution in [0.5, 0.6) is 0 Å². The molecule has 0 saturated heterocycles. The summed E-state index contributed by atoms with van der Waals surface area (Å²) in [6.07, 6.45) is 0.642. The van der Waals surface area contributed by atoms with Gasteiger partial charge in [0.25, 0.3) is 5.91 Å². The van der Waals surface area contributed by atoms with Crippen molar-refractivity contribution in [3.63, 3.8) is 0 Å². The van der Waals surface area contributed by atoms with Crippen molar-refractivity contribution < 1.29 is 27.1 Å². The molecule has 0 spiro atoms. The Bertz CT molecular complexity index is 1320. The van der Waals surface area contributed by atoms with E-state index in [4.69, 9.17) is 4.74 Å². The molecule has 3 aromatic rings. The topological polar surface area (TPSA) is 84.0 Å². The van der Waals surface area contributed by atoms with E-state index in [0.29, 0.717) is 19.5 Å². The second-order valence-electron chi connectivity index (χ2n) is 8.33. The molecule has 0 aliphatic carbocycles. The SMILES string of the molecule is CN(Cc1ccc(F)cc1)C(=O)COC(=O)c1ccc(S(=O)(=O)N2CCc3ccccc3C2)cc1. The number of ether oxygens (including phenoxy) is 1. The van der Waals surface area contributed by atoms with Crippen LogP contribution in [0.4, 0.5) is 4.39 Å². The van der Waals surface area contributed by atoms with Gasteiger partial charge in [-0.15, -0.1) is 0 Å². The molecule has 4 rings (SSSR count). The Balaban J connectivity index is 1.33. The highest BCUT2D eigenvalue weighted by molar-refractivity contribution is 7.89. The largest absolute Gasteiger partial charge is 0.452 e. The number of fused-ring (bicyclic) bond motifs is 1. The number of hydrogen-bond acceptors (Lipinski definition) is 5. The second-order valence-corrected chi connectivity index (χ2v) is 10.3. The average molecular weight is 497 g/mol. The van der Waals surface area contributed by atoms with Crippen molar-refractivity contribution in [2.75, 3.05) is 20.2 Å². The number of halogens is 1. The van der Waals surface area contributed by atoms with Crippen LogP contribution in [0.15, 0.2) is 77.7 Å². The van der Waals surface area contributed by atoms with E-state index in [1.807, 2.05) is 24.3 Å². The number of carbonyl (C=O) groups excluding carboxylic acids is 2. The highest BCUT2D eigenvalue weighted by Crippen LogP contribution is 2.25. The smallest absolute Gasteiger partial charge is 0.338 e. The Hall–Kier alpha value is -3.56. The van der Waals surface area contributed by atoms with Gasteiger partial charge in [-0.05, 0) is 59.5 Å². The maximum Gasteiger partial charge on any atom is 0.338 e. The van der Waals surface area contributed by atoms with Crippen LogP contribution in [0.1, 0.15) is 27.0 Å². The van der Waals surface area contributed by atoms with Crippen molar-refractivity contribution >= 4 is 21.9 Å². The van der Waals surface area contributed by atoms with Gasteiger partial charge in [0.1, 0.15) is 5.82 Å². The Morgan fingerprint density at radius 1 is 0.971 bits per heavy atom. The second kappa shape index (κ2) is 10.4. The van der Waals surface area contributed by atoms with Crippen molar-refractivity contribution in [1.29, 1.82) is 0 Å². The van der Waals surface area contributed by atoms with Crippen LogP contribution in [0.3, 0.4) is 0 Å². The van der Waals surface area contributed by atoms with E-state index in [9.17, 15) is 22.4 Å². The standard InChI is InChI=1S/C26H25FN2O5S/c1-28(16-19-6-10-23(27)11-7-19)25(30)18-34-26(31)21-8-12-24(13-9-21)35(32,33)29-15-14-20-4-2-3-5-22(20)17-29/h2-13H,14-18H2,1H3. The van der Waals surface area contributed by atoms with Gasteiger partial charge in [-0.25, -0.2) is 17.6 Å². The van der Waals surface area contributed by atoms with Gasteiger partial charge < -0.3 is 9.64 Å². The minimum atomic E-state index is -3.72. The van der Waals surface area contributed by atoms with Gasteiger partial charge >= 0.3 is 5.97 Å². The maximum atomic E-state index is 13.1. The number of sulfonamides is 1. The predicted molar refractivity (Wildman–Crippen MR) is 127 cm³/mol. The lowest BCUT2D eigenvalue weighted by atomic mass is 10.0. The van der Waals surface area contributed by atoms with E-state index in [0.717, 1.165) is 16.7 Å². The number of hydrogen-bond donors (Lipinski definition) is 0. The molecule has 0 fully saturated rings. The summed E-state index contributed by atoms with van der Waals surface area (Å²) in [6, 6.07) is 19.0. The first-order chi connectivity index (χ1) is 16.7. The zero-order valence-corrected chi connectivity index (χ0v) is 20.0. The molecule has 0 bridgehead atoms. The molecular weight excluding hydrogens is 471 g/mol. The lowest BCUT2D eigenvalue weighted by Crippen LogP contribution is -2.35. The van der Waals surface area contributed by atoms with Crippen LogP contribution < -0.4 is 0 Å². The molecule has 0 saturated carbocycles. The molecule has 0 radical (unpaired) electrons. The maximum absolute atomic E-state index is 13.1. The third kappa shape index (κ3) is 5.75. The van der Waals surface area contributed by atoms with Gasteiger partial charge in [-0.2, -0.15) is 4.31 Å². The molecule has 0 atom stereocenters. The minimum absolute atomic E-state index is 0.0866. The van der Waals surface area contributed by atoms with E-state index < -0.39 is 28.5 Å². The summed E-state index contributed by atoms with van der Waals surface area (Å²) in [5.74, 6) is -1.52. The molecule has 0 unspecified atom stereocenters. The third-order valence-corrected chi connectivity index (χ3v) is 7.77. The normalized spacial score (nSPS) is 13.7. The number of amides is 1. The first-order valence-corrected chi connectivity index (χ1v) is 12.5. The summed E-state index contributed by atoms with van der Waals surface area (Å²) >= 11 is 0. The van der Waals surface area contributed by atoms with E-state index in [-0.39, 0.29) is 22.8 Å². The number of carbonyl (C=O) groups is 2. The number of esters is 1. The fourth-order valence-electron chi connectivity index (χ4n) is 3.86. The summed E-state index contributed by atoms with van der Waals surface area (Å²) in [4.78, 5) is 26.1. The predicted octanol–water partition coefficient (Wildman–Crippen LogP) is 3.39. The van der Waals surface area contributed by atoms with Gasteiger partial charge in [0.15, 0.2) is 6.61 Å². The van der Waals surface area contributed by atoms with Crippen LogP contribution >= 0.6 is 0 Å². The summed E-state index contributed by atoms with van der Waals surface area (Å²) in [6.45, 7) is 0.459. The summed E-state index contributed by atoms with van der Waals surface area (Å²) < 4.78 is 45.7. The fraction of sp³-hybridized carbons (Fsp3) is 0.231. The Labute approximate surface area is 203 Å². The molecule has 9 heteroatoms. The lowest BCUT2D eigenvalue weighted by Gasteiger charge is -2.28. The van der Waals surface area contributed by atoms with Crippen molar-refractivity contribution in [2.24, 2.45) is 0 Å². The van der Waals surface area contributed by atoms with Gasteiger partial charge in [0.05, 0.1) is 10.5 Å². The zero-order chi connectivity index (χ0) is 25.0. The van der Waals surface area contributed by atoms with Crippen LogP contribution in [-0.4, -0.2) is 49.7 Å². The number of rotatable bonds is 7. The van der Waals surface area contributed by atoms with Gasteiger partial charge in [0.2, 0.25) is 10.0 Å². The molecule has 182 valence electrons. The third-order valence-electron chi connectivity index (χ3n) is 5.91. The molecule has 0 N–H and O–H groups in total. The van der Waals surface area contributed by atoms with Gasteiger partial charge in [-0.3, -0.25) is 4.79 Å². The lowest BCUT2D eigenvalue weighted by molar-refractivity contribution is -0.133. The van der Waals surface area contributed by atoms with Crippen LogP contribution in [0, 0.1) is 5.82 Å². The van der Waals surface area contributed by atoms with Crippen molar-refractivity contribution in [3.05, 3.63) is 101 Å². The fourth-order valence-corrected chi connectivity index (χ4v) is 5.28. The summed E-state index contributed by atoms with van der Waals surface area (Å²) in [5, 5.41) is 0. The van der Waals surface area contributed by atoms with Crippen molar-refractivity contribution in [2.45, 2.75) is 24.4 Å².